The number of benzene rings is 1. The summed E-state index contributed by atoms with van der Waals surface area (Å²) in [5.74, 6) is 0. The molecule has 0 aliphatic heterocycles. The number of ether oxygens (including phenoxy) is 1. The minimum Gasteiger partial charge on any atom is -0.444 e. The summed E-state index contributed by atoms with van der Waals surface area (Å²) in [4.78, 5) is 21.8. The number of nitrogens with zero attached hydrogens (tertiary/aromatic N) is 2. The van der Waals surface area contributed by atoms with Crippen molar-refractivity contribution in [3.63, 3.8) is 0 Å². The van der Waals surface area contributed by atoms with Crippen LogP contribution in [0.2, 0.25) is 0 Å². The Bertz CT molecular complexity index is 798. The quantitative estimate of drug-likeness (QED) is 0.449. The highest BCUT2D eigenvalue weighted by molar-refractivity contribution is 5.83. The zero-order valence-electron chi connectivity index (χ0n) is 14.7. The van der Waals surface area contributed by atoms with Gasteiger partial charge in [-0.1, -0.05) is 0 Å². The standard InChI is InChI=1S/C16H22N4O6/c1-16(2,3)26-15(23)17-7-6-12(21)14(22)13-10-5-4-9(20(24)25)8-11(10)18-19-13/h4-5,8,12,14,21-22H,6-7H2,1-3H3,(H,17,23)(H,18,19). The van der Waals surface area contributed by atoms with Gasteiger partial charge in [0.05, 0.1) is 22.2 Å². The maximum Gasteiger partial charge on any atom is 0.407 e. The number of nitro benzene ring substituents is 1. The zero-order chi connectivity index (χ0) is 19.5. The monoisotopic (exact) mass is 366 g/mol. The van der Waals surface area contributed by atoms with Gasteiger partial charge in [0.1, 0.15) is 11.7 Å². The molecule has 0 saturated heterocycles. The second kappa shape index (κ2) is 7.67. The number of aliphatic hydroxyl groups is 2. The molecule has 10 heteroatoms. The van der Waals surface area contributed by atoms with Crippen molar-refractivity contribution in [2.75, 3.05) is 6.54 Å². The van der Waals surface area contributed by atoms with Gasteiger partial charge in [0.25, 0.3) is 5.69 Å². The van der Waals surface area contributed by atoms with Crippen LogP contribution in [0.5, 0.6) is 0 Å². The number of alkyl carbamates (subject to hydrolysis) is 1. The summed E-state index contributed by atoms with van der Waals surface area (Å²) < 4.78 is 5.08. The number of H-pyrrole nitrogens is 1. The number of nitro groups is 1. The van der Waals surface area contributed by atoms with Gasteiger partial charge in [-0.2, -0.15) is 5.10 Å². The zero-order valence-corrected chi connectivity index (χ0v) is 14.7. The van der Waals surface area contributed by atoms with Crippen LogP contribution < -0.4 is 5.32 Å². The third-order valence-electron chi connectivity index (χ3n) is 3.55. The van der Waals surface area contributed by atoms with Crippen LogP contribution in [0.4, 0.5) is 10.5 Å². The van der Waals surface area contributed by atoms with Crippen molar-refractivity contribution in [3.05, 3.63) is 34.0 Å². The number of nitrogens with one attached hydrogen (secondary N) is 2. The second-order valence-corrected chi connectivity index (χ2v) is 6.83. The van der Waals surface area contributed by atoms with E-state index in [4.69, 9.17) is 4.74 Å². The highest BCUT2D eigenvalue weighted by Gasteiger charge is 2.24. The molecule has 2 rings (SSSR count). The summed E-state index contributed by atoms with van der Waals surface area (Å²) in [7, 11) is 0. The van der Waals surface area contributed by atoms with E-state index in [2.05, 4.69) is 15.5 Å². The summed E-state index contributed by atoms with van der Waals surface area (Å²) in [6.45, 7) is 5.31. The van der Waals surface area contributed by atoms with Gasteiger partial charge in [-0.15, -0.1) is 0 Å². The Kier molecular flexibility index (Phi) is 5.78. The Morgan fingerprint density at radius 1 is 1.42 bits per heavy atom. The van der Waals surface area contributed by atoms with Crippen LogP contribution in [-0.2, 0) is 4.74 Å². The number of hydrogen-bond donors (Lipinski definition) is 4. The maximum absolute atomic E-state index is 11.6. The number of carbonyl (C=O) groups excluding carboxylic acids is 1. The average molecular weight is 366 g/mol. The van der Waals surface area contributed by atoms with E-state index >= 15 is 0 Å². The smallest absolute Gasteiger partial charge is 0.407 e. The summed E-state index contributed by atoms with van der Waals surface area (Å²) >= 11 is 0. The van der Waals surface area contributed by atoms with E-state index in [-0.39, 0.29) is 24.3 Å². The molecule has 0 aliphatic carbocycles. The minimum atomic E-state index is -1.29. The van der Waals surface area contributed by atoms with Crippen LogP contribution in [0.1, 0.15) is 39.0 Å². The molecule has 0 bridgehead atoms. The minimum absolute atomic E-state index is 0.0773. The summed E-state index contributed by atoms with van der Waals surface area (Å²) in [6.07, 6.45) is -3.00. The van der Waals surface area contributed by atoms with E-state index in [1.54, 1.807) is 20.8 Å². The number of fused-ring (bicyclic) bond motifs is 1. The lowest BCUT2D eigenvalue weighted by molar-refractivity contribution is -0.384. The lowest BCUT2D eigenvalue weighted by Crippen LogP contribution is -2.34. The molecule has 2 atom stereocenters. The number of aromatic nitrogens is 2. The van der Waals surface area contributed by atoms with Crippen molar-refractivity contribution in [1.29, 1.82) is 0 Å². The van der Waals surface area contributed by atoms with E-state index in [1.807, 2.05) is 0 Å². The number of rotatable bonds is 6. The number of non-ortho nitro benzene ring substituents is 1. The van der Waals surface area contributed by atoms with Crippen molar-refractivity contribution in [2.24, 2.45) is 0 Å². The van der Waals surface area contributed by atoms with Gasteiger partial charge in [-0.25, -0.2) is 4.79 Å². The Morgan fingerprint density at radius 3 is 2.73 bits per heavy atom. The molecule has 1 aromatic carbocycles. The summed E-state index contributed by atoms with van der Waals surface area (Å²) in [6, 6.07) is 4.03. The largest absolute Gasteiger partial charge is 0.444 e. The molecule has 0 fully saturated rings. The SMILES string of the molecule is CC(C)(C)OC(=O)NCCC(O)C(O)c1[nH]nc2cc([N+](=O)[O-])ccc12. The van der Waals surface area contributed by atoms with E-state index in [0.717, 1.165) is 0 Å². The molecular formula is C16H22N4O6. The van der Waals surface area contributed by atoms with Crippen LogP contribution in [0, 0.1) is 10.1 Å². The van der Waals surface area contributed by atoms with Crippen molar-refractivity contribution < 1.29 is 24.7 Å². The number of carbonyl (C=O) groups is 1. The summed E-state index contributed by atoms with van der Waals surface area (Å²) in [5.41, 5.74) is -0.182. The molecule has 26 heavy (non-hydrogen) atoms. The fraction of sp³-hybridized carbons (Fsp3) is 0.500. The Labute approximate surface area is 149 Å². The fourth-order valence-corrected chi connectivity index (χ4v) is 2.35. The Balaban J connectivity index is 1.98. The molecule has 1 aromatic heterocycles. The third-order valence-corrected chi connectivity index (χ3v) is 3.55. The van der Waals surface area contributed by atoms with E-state index in [1.165, 1.54) is 18.2 Å². The molecule has 4 N–H and O–H groups in total. The number of amides is 1. The molecule has 142 valence electrons. The number of aliphatic hydroxyl groups excluding tert-OH is 2. The maximum atomic E-state index is 11.6. The third kappa shape index (κ3) is 4.90. The predicted molar refractivity (Wildman–Crippen MR) is 92.6 cm³/mol. The van der Waals surface area contributed by atoms with Gasteiger partial charge in [0.15, 0.2) is 0 Å². The first kappa shape index (κ1) is 19.6. The van der Waals surface area contributed by atoms with Crippen molar-refractivity contribution in [3.8, 4) is 0 Å². The second-order valence-electron chi connectivity index (χ2n) is 6.83. The van der Waals surface area contributed by atoms with Gasteiger partial charge in [-0.3, -0.25) is 15.2 Å². The van der Waals surface area contributed by atoms with Crippen molar-refractivity contribution in [1.82, 2.24) is 15.5 Å². The highest BCUT2D eigenvalue weighted by Crippen LogP contribution is 2.27. The first-order chi connectivity index (χ1) is 12.1. The predicted octanol–water partition coefficient (Wildman–Crippen LogP) is 1.78. The molecule has 1 amide bonds. The lowest BCUT2D eigenvalue weighted by atomic mass is 10.0. The van der Waals surface area contributed by atoms with Crippen LogP contribution in [-0.4, -0.2) is 49.7 Å². The topological polar surface area (TPSA) is 151 Å². The highest BCUT2D eigenvalue weighted by atomic mass is 16.6. The molecular weight excluding hydrogens is 344 g/mol. The van der Waals surface area contributed by atoms with Crippen LogP contribution in [0.25, 0.3) is 10.9 Å². The Morgan fingerprint density at radius 2 is 2.12 bits per heavy atom. The molecule has 0 saturated carbocycles. The van der Waals surface area contributed by atoms with Gasteiger partial charge < -0.3 is 20.3 Å². The van der Waals surface area contributed by atoms with E-state index < -0.39 is 28.8 Å². The van der Waals surface area contributed by atoms with Crippen molar-refractivity contribution >= 4 is 22.7 Å². The number of aromatic amines is 1. The van der Waals surface area contributed by atoms with Gasteiger partial charge in [0, 0.05) is 24.1 Å². The van der Waals surface area contributed by atoms with Crippen LogP contribution in [0.3, 0.4) is 0 Å². The van der Waals surface area contributed by atoms with Crippen molar-refractivity contribution in [2.45, 2.75) is 45.0 Å². The molecule has 0 radical (unpaired) electrons. The molecule has 10 nitrogen and oxygen atoms in total. The lowest BCUT2D eigenvalue weighted by Gasteiger charge is -2.21. The molecule has 1 heterocycles. The Hall–Kier alpha value is -2.72. The molecule has 0 spiro atoms. The first-order valence-corrected chi connectivity index (χ1v) is 8.04. The normalized spacial score (nSPS) is 14.0. The van der Waals surface area contributed by atoms with E-state index in [9.17, 15) is 25.1 Å². The average Bonchev–Trinajstić information content (AvgIpc) is 2.95. The van der Waals surface area contributed by atoms with Gasteiger partial charge in [-0.05, 0) is 33.3 Å². The van der Waals surface area contributed by atoms with E-state index in [0.29, 0.717) is 10.9 Å². The van der Waals surface area contributed by atoms with Gasteiger partial charge >= 0.3 is 6.09 Å². The summed E-state index contributed by atoms with van der Waals surface area (Å²) in [5, 5.41) is 40.7. The molecule has 2 unspecified atom stereocenters. The number of hydrogen-bond acceptors (Lipinski definition) is 7. The van der Waals surface area contributed by atoms with Gasteiger partial charge in [0.2, 0.25) is 0 Å². The first-order valence-electron chi connectivity index (χ1n) is 8.04. The molecule has 0 aliphatic rings. The van der Waals surface area contributed by atoms with Crippen LogP contribution >= 0.6 is 0 Å². The van der Waals surface area contributed by atoms with Crippen LogP contribution in [0.15, 0.2) is 18.2 Å². The fourth-order valence-electron chi connectivity index (χ4n) is 2.35. The molecule has 2 aromatic rings.